The van der Waals surface area contributed by atoms with Crippen molar-refractivity contribution >= 4 is 30.6 Å². The number of nitrogens with one attached hydrogen (secondary N) is 1. The quantitative estimate of drug-likeness (QED) is 0.165. The minimum absolute atomic E-state index is 0.0214. The summed E-state index contributed by atoms with van der Waals surface area (Å²) in [4.78, 5) is 25.3. The van der Waals surface area contributed by atoms with Crippen molar-refractivity contribution < 1.29 is 14.3 Å². The van der Waals surface area contributed by atoms with Gasteiger partial charge in [-0.1, -0.05) is 58.8 Å². The number of amides is 2. The number of nitrogens with zero attached hydrogens (tertiary/aromatic N) is 1. The lowest BCUT2D eigenvalue weighted by Gasteiger charge is -2.27. The smallest absolute Gasteiger partial charge is 0.247 e. The largest absolute Gasteiger partial charge is 0.493 e. The number of rotatable bonds is 17. The maximum atomic E-state index is 12.7. The molecule has 1 aromatic rings. The molecule has 0 radical (unpaired) electrons. The average molecular weight is 465 g/mol. The van der Waals surface area contributed by atoms with E-state index in [1.165, 1.54) is 56.3 Å². The highest BCUT2D eigenvalue weighted by Gasteiger charge is 2.26. The zero-order chi connectivity index (χ0) is 23.9. The lowest BCUT2D eigenvalue weighted by atomic mass is 10.0. The van der Waals surface area contributed by atoms with Crippen LogP contribution in [0.4, 0.5) is 5.69 Å². The van der Waals surface area contributed by atoms with Crippen LogP contribution in [0.2, 0.25) is 0 Å². The molecule has 0 aliphatic rings. The maximum absolute atomic E-state index is 12.7. The summed E-state index contributed by atoms with van der Waals surface area (Å²) in [6, 6.07) is 3.37. The van der Waals surface area contributed by atoms with E-state index >= 15 is 0 Å². The van der Waals surface area contributed by atoms with Crippen LogP contribution in [0.3, 0.4) is 0 Å². The molecule has 0 saturated carbocycles. The standard InChI is InChI=1S/C26H44N2O3S/c1-20(2)24(28(5)19-29)26(30)27-23-17-21(3)25(22(4)18-23)31-15-13-11-9-7-6-8-10-12-14-16-32/h17-20,24,32H,6-16H2,1-5H3,(H,27,30)/t24-/m0/s1. The Hall–Kier alpha value is -1.69. The molecule has 1 rings (SSSR count). The van der Waals surface area contributed by atoms with E-state index in [4.69, 9.17) is 4.74 Å². The van der Waals surface area contributed by atoms with Crippen LogP contribution in [0.15, 0.2) is 12.1 Å². The van der Waals surface area contributed by atoms with Gasteiger partial charge < -0.3 is 15.0 Å². The molecule has 0 fully saturated rings. The van der Waals surface area contributed by atoms with Gasteiger partial charge in [0.25, 0.3) is 0 Å². The molecule has 0 aliphatic carbocycles. The molecule has 0 heterocycles. The molecule has 0 bridgehead atoms. The Labute approximate surface area is 201 Å². The van der Waals surface area contributed by atoms with Crippen LogP contribution < -0.4 is 10.1 Å². The number of carbonyl (C=O) groups is 2. The summed E-state index contributed by atoms with van der Waals surface area (Å²) in [7, 11) is 1.63. The van der Waals surface area contributed by atoms with Gasteiger partial charge in [0.1, 0.15) is 11.8 Å². The van der Waals surface area contributed by atoms with Gasteiger partial charge in [0.2, 0.25) is 12.3 Å². The van der Waals surface area contributed by atoms with E-state index in [9.17, 15) is 9.59 Å². The third-order valence-corrected chi connectivity index (χ3v) is 6.10. The predicted molar refractivity (Wildman–Crippen MR) is 138 cm³/mol. The van der Waals surface area contributed by atoms with Gasteiger partial charge >= 0.3 is 0 Å². The molecule has 1 aromatic carbocycles. The summed E-state index contributed by atoms with van der Waals surface area (Å²) in [6.45, 7) is 8.59. The summed E-state index contributed by atoms with van der Waals surface area (Å²) in [5, 5.41) is 2.96. The number of hydrogen-bond acceptors (Lipinski definition) is 4. The van der Waals surface area contributed by atoms with Crippen molar-refractivity contribution in [2.75, 3.05) is 24.7 Å². The molecule has 0 aromatic heterocycles. The van der Waals surface area contributed by atoms with Crippen molar-refractivity contribution in [1.82, 2.24) is 4.90 Å². The third kappa shape index (κ3) is 10.3. The van der Waals surface area contributed by atoms with Crippen LogP contribution in [0.1, 0.15) is 82.8 Å². The van der Waals surface area contributed by atoms with Gasteiger partial charge in [0, 0.05) is 12.7 Å². The Bertz CT molecular complexity index is 671. The predicted octanol–water partition coefficient (Wildman–Crippen LogP) is 6.17. The minimum atomic E-state index is -0.503. The second-order valence-electron chi connectivity index (χ2n) is 9.14. The molecule has 5 nitrogen and oxygen atoms in total. The first kappa shape index (κ1) is 28.3. The Morgan fingerprint density at radius 3 is 1.97 bits per heavy atom. The van der Waals surface area contributed by atoms with E-state index in [0.29, 0.717) is 6.41 Å². The molecule has 182 valence electrons. The molecule has 6 heteroatoms. The highest BCUT2D eigenvalue weighted by atomic mass is 32.1. The van der Waals surface area contributed by atoms with Crippen molar-refractivity contribution in [3.8, 4) is 5.75 Å². The maximum Gasteiger partial charge on any atom is 0.247 e. The number of anilines is 1. The molecule has 2 amide bonds. The SMILES string of the molecule is Cc1cc(NC(=O)[C@H](C(C)C)N(C)C=O)cc(C)c1OCCCCCCCCCCCS. The number of benzene rings is 1. The fraction of sp³-hybridized carbons (Fsp3) is 0.692. The van der Waals surface area contributed by atoms with Crippen LogP contribution in [0.25, 0.3) is 0 Å². The summed E-state index contributed by atoms with van der Waals surface area (Å²) >= 11 is 4.25. The Morgan fingerprint density at radius 2 is 1.50 bits per heavy atom. The topological polar surface area (TPSA) is 58.6 Å². The van der Waals surface area contributed by atoms with Crippen LogP contribution >= 0.6 is 12.6 Å². The van der Waals surface area contributed by atoms with Crippen molar-refractivity contribution in [2.45, 2.75) is 91.5 Å². The number of carbonyl (C=O) groups excluding carboxylic acids is 2. The minimum Gasteiger partial charge on any atom is -0.493 e. The number of likely N-dealkylation sites (N-methyl/N-ethyl adjacent to an activating group) is 1. The number of unbranched alkanes of at least 4 members (excludes halogenated alkanes) is 8. The zero-order valence-electron chi connectivity index (χ0n) is 20.8. The van der Waals surface area contributed by atoms with Crippen LogP contribution in [0, 0.1) is 19.8 Å². The molecular formula is C26H44N2O3S. The molecule has 0 spiro atoms. The van der Waals surface area contributed by atoms with Crippen molar-refractivity contribution in [2.24, 2.45) is 5.92 Å². The number of ether oxygens (including phenoxy) is 1. The average Bonchev–Trinajstić information content (AvgIpc) is 2.73. The van der Waals surface area contributed by atoms with E-state index < -0.39 is 6.04 Å². The monoisotopic (exact) mass is 464 g/mol. The Morgan fingerprint density at radius 1 is 1.00 bits per heavy atom. The molecule has 1 N–H and O–H groups in total. The van der Waals surface area contributed by atoms with Gasteiger partial charge in [-0.05, 0) is 61.6 Å². The van der Waals surface area contributed by atoms with Gasteiger partial charge in [-0.3, -0.25) is 9.59 Å². The van der Waals surface area contributed by atoms with E-state index in [0.717, 1.165) is 41.3 Å². The van der Waals surface area contributed by atoms with E-state index in [2.05, 4.69) is 17.9 Å². The second kappa shape index (κ2) is 16.0. The van der Waals surface area contributed by atoms with Gasteiger partial charge in [-0.2, -0.15) is 12.6 Å². The number of hydrogen-bond donors (Lipinski definition) is 2. The first-order valence-corrected chi connectivity index (χ1v) is 12.8. The van der Waals surface area contributed by atoms with E-state index in [-0.39, 0.29) is 11.8 Å². The highest BCUT2D eigenvalue weighted by molar-refractivity contribution is 7.80. The fourth-order valence-electron chi connectivity index (χ4n) is 4.12. The molecule has 1 atom stereocenters. The third-order valence-electron chi connectivity index (χ3n) is 5.78. The van der Waals surface area contributed by atoms with E-state index in [1.54, 1.807) is 7.05 Å². The summed E-state index contributed by atoms with van der Waals surface area (Å²) < 4.78 is 6.07. The molecule has 0 saturated heterocycles. The van der Waals surface area contributed by atoms with Gasteiger partial charge in [-0.15, -0.1) is 0 Å². The van der Waals surface area contributed by atoms with Crippen molar-refractivity contribution in [3.05, 3.63) is 23.3 Å². The van der Waals surface area contributed by atoms with Gasteiger partial charge in [-0.25, -0.2) is 0 Å². The highest BCUT2D eigenvalue weighted by Crippen LogP contribution is 2.28. The lowest BCUT2D eigenvalue weighted by molar-refractivity contribution is -0.130. The normalized spacial score (nSPS) is 12.0. The van der Waals surface area contributed by atoms with Crippen molar-refractivity contribution in [1.29, 1.82) is 0 Å². The van der Waals surface area contributed by atoms with Gasteiger partial charge in [0.05, 0.1) is 6.61 Å². The second-order valence-corrected chi connectivity index (χ2v) is 9.59. The molecule has 0 aliphatic heterocycles. The molecule has 0 unspecified atom stereocenters. The zero-order valence-corrected chi connectivity index (χ0v) is 21.7. The summed E-state index contributed by atoms with van der Waals surface area (Å²) in [5.41, 5.74) is 2.74. The summed E-state index contributed by atoms with van der Waals surface area (Å²) in [5.74, 6) is 1.75. The van der Waals surface area contributed by atoms with Crippen LogP contribution in [-0.4, -0.2) is 42.7 Å². The summed E-state index contributed by atoms with van der Waals surface area (Å²) in [6.07, 6.45) is 12.1. The van der Waals surface area contributed by atoms with Gasteiger partial charge in [0.15, 0.2) is 0 Å². The Balaban J connectivity index is 2.44. The number of aryl methyl sites for hydroxylation is 2. The lowest BCUT2D eigenvalue weighted by Crippen LogP contribution is -2.44. The first-order valence-electron chi connectivity index (χ1n) is 12.1. The molecule has 32 heavy (non-hydrogen) atoms. The fourth-order valence-corrected chi connectivity index (χ4v) is 4.34. The first-order chi connectivity index (χ1) is 15.3. The number of thiol groups is 1. The Kier molecular flexibility index (Phi) is 14.2. The van der Waals surface area contributed by atoms with E-state index in [1.807, 2.05) is 39.8 Å². The molecular weight excluding hydrogens is 420 g/mol. The van der Waals surface area contributed by atoms with Crippen LogP contribution in [-0.2, 0) is 9.59 Å². The van der Waals surface area contributed by atoms with Crippen LogP contribution in [0.5, 0.6) is 5.75 Å². The van der Waals surface area contributed by atoms with Crippen molar-refractivity contribution in [3.63, 3.8) is 0 Å².